The van der Waals surface area contributed by atoms with E-state index in [1.807, 2.05) is 6.07 Å². The Kier molecular flexibility index (Phi) is 5.81. The van der Waals surface area contributed by atoms with E-state index < -0.39 is 10.9 Å². The van der Waals surface area contributed by atoms with Gasteiger partial charge in [-0.25, -0.2) is 4.79 Å². The Morgan fingerprint density at radius 3 is 2.18 bits per heavy atom. The molecule has 3 aromatic carbocycles. The predicted octanol–water partition coefficient (Wildman–Crippen LogP) is 4.84. The molecule has 140 valence electrons. The number of hydrogen-bond donors (Lipinski definition) is 0. The number of nitro groups is 1. The van der Waals surface area contributed by atoms with E-state index in [4.69, 9.17) is 16.3 Å². The minimum atomic E-state index is -0.690. The monoisotopic (exact) mass is 395 g/mol. The number of non-ortho nitro benzene ring substituents is 1. The maximum absolute atomic E-state index is 12.4. The fourth-order valence-corrected chi connectivity index (χ4v) is 2.77. The Balaban J connectivity index is 1.64. The van der Waals surface area contributed by atoms with Crippen LogP contribution in [0.2, 0.25) is 5.02 Å². The molecule has 6 nitrogen and oxygen atoms in total. The van der Waals surface area contributed by atoms with E-state index in [1.54, 1.807) is 48.5 Å². The van der Waals surface area contributed by atoms with Crippen LogP contribution in [0.5, 0.6) is 0 Å². The SMILES string of the molecule is O=C(c1ccccc1)c1ccc(COC(=O)c2ccc([N+](=O)[O-])cc2Cl)cc1. The first-order valence-corrected chi connectivity index (χ1v) is 8.63. The van der Waals surface area contributed by atoms with Gasteiger partial charge in [0, 0.05) is 23.3 Å². The number of rotatable bonds is 6. The van der Waals surface area contributed by atoms with Crippen LogP contribution in [0.4, 0.5) is 5.69 Å². The van der Waals surface area contributed by atoms with Crippen molar-refractivity contribution in [3.63, 3.8) is 0 Å². The third kappa shape index (κ3) is 4.42. The molecule has 28 heavy (non-hydrogen) atoms. The molecule has 0 atom stereocenters. The molecule has 0 saturated heterocycles. The number of carbonyl (C=O) groups excluding carboxylic acids is 2. The standard InChI is InChI=1S/C21H14ClNO5/c22-19-12-17(23(26)27)10-11-18(19)21(25)28-13-14-6-8-16(9-7-14)20(24)15-4-2-1-3-5-15/h1-12H,13H2. The van der Waals surface area contributed by atoms with Crippen LogP contribution < -0.4 is 0 Å². The summed E-state index contributed by atoms with van der Waals surface area (Å²) in [6, 6.07) is 19.2. The maximum atomic E-state index is 12.4. The predicted molar refractivity (Wildman–Crippen MR) is 104 cm³/mol. The largest absolute Gasteiger partial charge is 0.457 e. The topological polar surface area (TPSA) is 86.5 Å². The van der Waals surface area contributed by atoms with Gasteiger partial charge in [-0.3, -0.25) is 14.9 Å². The summed E-state index contributed by atoms with van der Waals surface area (Å²) < 4.78 is 5.20. The number of nitrogens with zero attached hydrogens (tertiary/aromatic N) is 1. The van der Waals surface area contributed by atoms with Crippen LogP contribution in [0.25, 0.3) is 0 Å². The van der Waals surface area contributed by atoms with Crippen molar-refractivity contribution in [2.45, 2.75) is 6.61 Å². The summed E-state index contributed by atoms with van der Waals surface area (Å²) in [5.41, 5.74) is 1.65. The molecule has 0 spiro atoms. The summed E-state index contributed by atoms with van der Waals surface area (Å²) in [6.07, 6.45) is 0. The Hall–Kier alpha value is -3.51. The molecular weight excluding hydrogens is 382 g/mol. The average Bonchev–Trinajstić information content (AvgIpc) is 2.72. The fraction of sp³-hybridized carbons (Fsp3) is 0.0476. The molecule has 0 saturated carbocycles. The van der Waals surface area contributed by atoms with Crippen molar-refractivity contribution in [1.82, 2.24) is 0 Å². The van der Waals surface area contributed by atoms with Gasteiger partial charge in [0.05, 0.1) is 15.5 Å². The molecule has 7 heteroatoms. The summed E-state index contributed by atoms with van der Waals surface area (Å²) >= 11 is 5.92. The van der Waals surface area contributed by atoms with Crippen LogP contribution in [0.15, 0.2) is 72.8 Å². The van der Waals surface area contributed by atoms with Gasteiger partial charge in [0.1, 0.15) is 6.61 Å². The molecule has 0 aliphatic rings. The van der Waals surface area contributed by atoms with Crippen LogP contribution in [0.1, 0.15) is 31.8 Å². The lowest BCUT2D eigenvalue weighted by atomic mass is 10.0. The Bertz CT molecular complexity index is 1030. The van der Waals surface area contributed by atoms with Gasteiger partial charge in [-0.15, -0.1) is 0 Å². The summed E-state index contributed by atoms with van der Waals surface area (Å²) in [7, 11) is 0. The van der Waals surface area contributed by atoms with Gasteiger partial charge in [-0.2, -0.15) is 0 Å². The number of nitro benzene ring substituents is 1. The number of hydrogen-bond acceptors (Lipinski definition) is 5. The van der Waals surface area contributed by atoms with Gasteiger partial charge < -0.3 is 4.74 Å². The molecule has 0 unspecified atom stereocenters. The minimum Gasteiger partial charge on any atom is -0.457 e. The van der Waals surface area contributed by atoms with Crippen molar-refractivity contribution in [3.8, 4) is 0 Å². The van der Waals surface area contributed by atoms with E-state index in [1.165, 1.54) is 12.1 Å². The highest BCUT2D eigenvalue weighted by Crippen LogP contribution is 2.23. The smallest absolute Gasteiger partial charge is 0.339 e. The Morgan fingerprint density at radius 1 is 0.929 bits per heavy atom. The molecule has 0 fully saturated rings. The zero-order valence-corrected chi connectivity index (χ0v) is 15.3. The fourth-order valence-electron chi connectivity index (χ4n) is 2.52. The van der Waals surface area contributed by atoms with Crippen LogP contribution in [-0.2, 0) is 11.3 Å². The van der Waals surface area contributed by atoms with E-state index in [0.29, 0.717) is 16.7 Å². The van der Waals surface area contributed by atoms with Crippen molar-refractivity contribution in [1.29, 1.82) is 0 Å². The number of benzene rings is 3. The zero-order chi connectivity index (χ0) is 20.1. The highest BCUT2D eigenvalue weighted by Gasteiger charge is 2.16. The van der Waals surface area contributed by atoms with Gasteiger partial charge in [0.2, 0.25) is 0 Å². The summed E-state index contributed by atoms with van der Waals surface area (Å²) in [4.78, 5) is 34.6. The van der Waals surface area contributed by atoms with Crippen LogP contribution in [0.3, 0.4) is 0 Å². The third-order valence-corrected chi connectivity index (χ3v) is 4.32. The van der Waals surface area contributed by atoms with Crippen LogP contribution in [0, 0.1) is 10.1 Å². The lowest BCUT2D eigenvalue weighted by molar-refractivity contribution is -0.384. The lowest BCUT2D eigenvalue weighted by Gasteiger charge is -2.07. The number of ether oxygens (including phenoxy) is 1. The molecule has 3 aromatic rings. The number of halogens is 1. The first kappa shape index (κ1) is 19.3. The lowest BCUT2D eigenvalue weighted by Crippen LogP contribution is -2.07. The molecule has 0 aliphatic heterocycles. The van der Waals surface area contributed by atoms with Gasteiger partial charge >= 0.3 is 5.97 Å². The summed E-state index contributed by atoms with van der Waals surface area (Å²) in [5, 5.41) is 10.7. The first-order valence-electron chi connectivity index (χ1n) is 8.25. The van der Waals surface area contributed by atoms with E-state index in [2.05, 4.69) is 0 Å². The first-order chi connectivity index (χ1) is 13.5. The van der Waals surface area contributed by atoms with E-state index in [9.17, 15) is 19.7 Å². The molecule has 0 aromatic heterocycles. The van der Waals surface area contributed by atoms with E-state index in [0.717, 1.165) is 6.07 Å². The molecule has 0 radical (unpaired) electrons. The van der Waals surface area contributed by atoms with Gasteiger partial charge in [-0.05, 0) is 11.6 Å². The third-order valence-electron chi connectivity index (χ3n) is 4.01. The zero-order valence-electron chi connectivity index (χ0n) is 14.5. The van der Waals surface area contributed by atoms with Crippen LogP contribution in [-0.4, -0.2) is 16.7 Å². The van der Waals surface area contributed by atoms with E-state index >= 15 is 0 Å². The molecule has 0 aliphatic carbocycles. The molecule has 0 bridgehead atoms. The van der Waals surface area contributed by atoms with Gasteiger partial charge in [-0.1, -0.05) is 66.2 Å². The quantitative estimate of drug-likeness (QED) is 0.258. The van der Waals surface area contributed by atoms with Crippen molar-refractivity contribution < 1.29 is 19.2 Å². The highest BCUT2D eigenvalue weighted by molar-refractivity contribution is 6.33. The minimum absolute atomic E-state index is 0.0219. The maximum Gasteiger partial charge on any atom is 0.339 e. The number of esters is 1. The normalized spacial score (nSPS) is 10.3. The van der Waals surface area contributed by atoms with Crippen molar-refractivity contribution in [2.75, 3.05) is 0 Å². The average molecular weight is 396 g/mol. The second-order valence-corrected chi connectivity index (χ2v) is 6.30. The van der Waals surface area contributed by atoms with Crippen molar-refractivity contribution >= 4 is 29.0 Å². The van der Waals surface area contributed by atoms with Gasteiger partial charge in [0.15, 0.2) is 5.78 Å². The van der Waals surface area contributed by atoms with E-state index in [-0.39, 0.29) is 28.7 Å². The Morgan fingerprint density at radius 2 is 1.57 bits per heavy atom. The Labute approximate surface area is 165 Å². The number of carbonyl (C=O) groups is 2. The van der Waals surface area contributed by atoms with Gasteiger partial charge in [0.25, 0.3) is 5.69 Å². The summed E-state index contributed by atoms with van der Waals surface area (Å²) in [6.45, 7) is -0.0219. The molecular formula is C21H14ClNO5. The van der Waals surface area contributed by atoms with Crippen molar-refractivity contribution in [2.24, 2.45) is 0 Å². The molecule has 0 amide bonds. The molecule has 3 rings (SSSR count). The van der Waals surface area contributed by atoms with Crippen molar-refractivity contribution in [3.05, 3.63) is 110 Å². The number of ketones is 1. The molecule has 0 N–H and O–H groups in total. The highest BCUT2D eigenvalue weighted by atomic mass is 35.5. The summed E-state index contributed by atoms with van der Waals surface area (Å²) in [5.74, 6) is -0.786. The second kappa shape index (κ2) is 8.45. The van der Waals surface area contributed by atoms with Crippen LogP contribution >= 0.6 is 11.6 Å². The second-order valence-electron chi connectivity index (χ2n) is 5.89. The molecule has 0 heterocycles.